The Hall–Kier alpha value is -3.00. The summed E-state index contributed by atoms with van der Waals surface area (Å²) >= 11 is 0. The predicted molar refractivity (Wildman–Crippen MR) is 106 cm³/mol. The molecule has 25 heavy (non-hydrogen) atoms. The maximum Gasteiger partial charge on any atom is 0.118 e. The second kappa shape index (κ2) is 7.71. The number of nitrogens with two attached hydrogens (primary N) is 1. The molecule has 0 aliphatic rings. The molecule has 0 amide bonds. The minimum absolute atomic E-state index is 0.774. The van der Waals surface area contributed by atoms with E-state index in [1.165, 1.54) is 27.8 Å². The molecule has 0 atom stereocenters. The molecule has 0 unspecified atom stereocenters. The van der Waals surface area contributed by atoms with E-state index in [0.717, 1.165) is 17.9 Å². The maximum atomic E-state index is 5.89. The Morgan fingerprint density at radius 2 is 1.32 bits per heavy atom. The van der Waals surface area contributed by atoms with Gasteiger partial charge in [-0.15, -0.1) is 0 Å². The third kappa shape index (κ3) is 3.74. The first kappa shape index (κ1) is 16.8. The van der Waals surface area contributed by atoms with Gasteiger partial charge in [-0.2, -0.15) is 0 Å². The van der Waals surface area contributed by atoms with Gasteiger partial charge in [-0.05, 0) is 58.5 Å². The van der Waals surface area contributed by atoms with Gasteiger partial charge in [0.2, 0.25) is 0 Å². The molecule has 0 spiro atoms. The zero-order valence-corrected chi connectivity index (χ0v) is 14.7. The van der Waals surface area contributed by atoms with Crippen molar-refractivity contribution in [2.45, 2.75) is 13.3 Å². The average molecular weight is 329 g/mol. The van der Waals surface area contributed by atoms with Crippen molar-refractivity contribution in [3.05, 3.63) is 95.6 Å². The quantitative estimate of drug-likeness (QED) is 0.485. The minimum atomic E-state index is 0.774. The number of benzene rings is 3. The van der Waals surface area contributed by atoms with Gasteiger partial charge in [-0.3, -0.25) is 0 Å². The third-order valence-electron chi connectivity index (χ3n) is 4.36. The lowest BCUT2D eigenvalue weighted by molar-refractivity contribution is 0.415. The van der Waals surface area contributed by atoms with Crippen LogP contribution >= 0.6 is 0 Å². The highest BCUT2D eigenvalue weighted by Crippen LogP contribution is 2.35. The van der Waals surface area contributed by atoms with Gasteiger partial charge in [0.05, 0.1) is 7.11 Å². The van der Waals surface area contributed by atoms with Crippen LogP contribution in [0.15, 0.2) is 78.9 Å². The van der Waals surface area contributed by atoms with Gasteiger partial charge in [0.25, 0.3) is 0 Å². The fourth-order valence-electron chi connectivity index (χ4n) is 3.09. The molecule has 3 aromatic rings. The van der Waals surface area contributed by atoms with E-state index in [4.69, 9.17) is 10.5 Å². The van der Waals surface area contributed by atoms with E-state index in [0.29, 0.717) is 0 Å². The first-order chi connectivity index (χ1) is 12.2. The summed E-state index contributed by atoms with van der Waals surface area (Å²) < 4.78 is 5.31. The van der Waals surface area contributed by atoms with Crippen molar-refractivity contribution in [2.75, 3.05) is 12.8 Å². The molecule has 0 aliphatic carbocycles. The lowest BCUT2D eigenvalue weighted by atomic mass is 9.88. The van der Waals surface area contributed by atoms with Crippen LogP contribution in [0.3, 0.4) is 0 Å². The van der Waals surface area contributed by atoms with Crippen molar-refractivity contribution in [1.29, 1.82) is 0 Å². The van der Waals surface area contributed by atoms with Crippen LogP contribution in [0.5, 0.6) is 5.75 Å². The Kier molecular flexibility index (Phi) is 5.20. The van der Waals surface area contributed by atoms with E-state index in [9.17, 15) is 0 Å². The van der Waals surface area contributed by atoms with Crippen LogP contribution < -0.4 is 10.5 Å². The highest BCUT2D eigenvalue weighted by Gasteiger charge is 2.13. The molecule has 0 aliphatic heterocycles. The van der Waals surface area contributed by atoms with Crippen LogP contribution in [-0.2, 0) is 0 Å². The summed E-state index contributed by atoms with van der Waals surface area (Å²) in [6, 6.07) is 26.9. The molecular formula is C23H23NO. The number of allylic oxidation sites excluding steroid dienone is 1. The van der Waals surface area contributed by atoms with Crippen LogP contribution in [0, 0.1) is 0 Å². The molecule has 126 valence electrons. The van der Waals surface area contributed by atoms with Crippen molar-refractivity contribution in [1.82, 2.24) is 0 Å². The summed E-state index contributed by atoms with van der Waals surface area (Å²) in [6.45, 7) is 2.20. The second-order valence-corrected chi connectivity index (χ2v) is 5.92. The Morgan fingerprint density at radius 3 is 1.84 bits per heavy atom. The minimum Gasteiger partial charge on any atom is -0.497 e. The lowest BCUT2D eigenvalue weighted by Crippen LogP contribution is -1.96. The Bertz CT molecular complexity index is 847. The van der Waals surface area contributed by atoms with E-state index in [1.54, 1.807) is 7.11 Å². The number of hydrogen-bond acceptors (Lipinski definition) is 2. The Morgan fingerprint density at radius 1 is 0.760 bits per heavy atom. The summed E-state index contributed by atoms with van der Waals surface area (Å²) in [5.41, 5.74) is 12.8. The standard InChI is InChI=1S/C23H23NO/c1-3-22(17-7-5-4-6-8-17)23(18-9-13-20(24)14-10-18)19-11-15-21(25-2)16-12-19/h4-16H,3,24H2,1-2H3/b23-22+. The van der Waals surface area contributed by atoms with E-state index >= 15 is 0 Å². The van der Waals surface area contributed by atoms with Crippen LogP contribution in [-0.4, -0.2) is 7.11 Å². The van der Waals surface area contributed by atoms with E-state index in [1.807, 2.05) is 30.3 Å². The number of anilines is 1. The molecule has 2 N–H and O–H groups in total. The summed E-state index contributed by atoms with van der Waals surface area (Å²) in [7, 11) is 1.69. The zero-order valence-electron chi connectivity index (χ0n) is 14.7. The molecule has 0 saturated carbocycles. The molecule has 0 heterocycles. The predicted octanol–water partition coefficient (Wildman–Crippen LogP) is 5.65. The summed E-state index contributed by atoms with van der Waals surface area (Å²) in [4.78, 5) is 0. The van der Waals surface area contributed by atoms with Gasteiger partial charge in [-0.25, -0.2) is 0 Å². The zero-order chi connectivity index (χ0) is 17.6. The van der Waals surface area contributed by atoms with Gasteiger partial charge in [0, 0.05) is 5.69 Å². The Labute approximate surface area is 149 Å². The molecular weight excluding hydrogens is 306 g/mol. The van der Waals surface area contributed by atoms with Gasteiger partial charge in [-0.1, -0.05) is 61.5 Å². The van der Waals surface area contributed by atoms with Gasteiger partial charge < -0.3 is 10.5 Å². The first-order valence-electron chi connectivity index (χ1n) is 8.52. The summed E-state index contributed by atoms with van der Waals surface area (Å²) in [6.07, 6.45) is 0.940. The van der Waals surface area contributed by atoms with Gasteiger partial charge >= 0.3 is 0 Å². The highest BCUT2D eigenvalue weighted by atomic mass is 16.5. The summed E-state index contributed by atoms with van der Waals surface area (Å²) in [5, 5.41) is 0. The van der Waals surface area contributed by atoms with E-state index in [-0.39, 0.29) is 0 Å². The second-order valence-electron chi connectivity index (χ2n) is 5.92. The fraction of sp³-hybridized carbons (Fsp3) is 0.130. The van der Waals surface area contributed by atoms with Crippen molar-refractivity contribution < 1.29 is 4.74 Å². The molecule has 2 nitrogen and oxygen atoms in total. The molecule has 0 aromatic heterocycles. The van der Waals surface area contributed by atoms with Crippen LogP contribution in [0.25, 0.3) is 11.1 Å². The number of rotatable bonds is 5. The molecule has 3 aromatic carbocycles. The smallest absolute Gasteiger partial charge is 0.118 e. The molecule has 2 heteroatoms. The van der Waals surface area contributed by atoms with Gasteiger partial charge in [0.15, 0.2) is 0 Å². The summed E-state index contributed by atoms with van der Waals surface area (Å²) in [5.74, 6) is 0.859. The average Bonchev–Trinajstić information content (AvgIpc) is 2.68. The Balaban J connectivity index is 2.23. The third-order valence-corrected chi connectivity index (χ3v) is 4.36. The first-order valence-corrected chi connectivity index (χ1v) is 8.52. The van der Waals surface area contributed by atoms with Crippen LogP contribution in [0.4, 0.5) is 5.69 Å². The monoisotopic (exact) mass is 329 g/mol. The maximum absolute atomic E-state index is 5.89. The molecule has 0 bridgehead atoms. The highest BCUT2D eigenvalue weighted by molar-refractivity contribution is 5.98. The molecule has 0 radical (unpaired) electrons. The molecule has 3 rings (SSSR count). The largest absolute Gasteiger partial charge is 0.497 e. The van der Waals surface area contributed by atoms with Crippen molar-refractivity contribution >= 4 is 16.8 Å². The fourth-order valence-corrected chi connectivity index (χ4v) is 3.09. The van der Waals surface area contributed by atoms with Crippen molar-refractivity contribution in [2.24, 2.45) is 0 Å². The van der Waals surface area contributed by atoms with Crippen molar-refractivity contribution in [3.8, 4) is 5.75 Å². The lowest BCUT2D eigenvalue weighted by Gasteiger charge is -2.17. The normalized spacial score (nSPS) is 11.8. The number of nitrogen functional groups attached to an aromatic ring is 1. The van der Waals surface area contributed by atoms with Crippen molar-refractivity contribution in [3.63, 3.8) is 0 Å². The SMILES string of the molecule is CC/C(=C(/c1ccc(N)cc1)c1ccc(OC)cc1)c1ccccc1. The molecule has 0 saturated heterocycles. The number of hydrogen-bond donors (Lipinski definition) is 1. The van der Waals surface area contributed by atoms with Crippen LogP contribution in [0.1, 0.15) is 30.0 Å². The molecule has 0 fully saturated rings. The number of methoxy groups -OCH3 is 1. The topological polar surface area (TPSA) is 35.2 Å². The van der Waals surface area contributed by atoms with E-state index in [2.05, 4.69) is 55.5 Å². The van der Waals surface area contributed by atoms with Crippen LogP contribution in [0.2, 0.25) is 0 Å². The van der Waals surface area contributed by atoms with E-state index < -0.39 is 0 Å². The van der Waals surface area contributed by atoms with Gasteiger partial charge in [0.1, 0.15) is 5.75 Å². The number of ether oxygens (including phenoxy) is 1.